The summed E-state index contributed by atoms with van der Waals surface area (Å²) in [7, 11) is 0. The number of nitrogens with one attached hydrogen (secondary N) is 3. The maximum absolute atomic E-state index is 11.4. The van der Waals surface area contributed by atoms with Gasteiger partial charge >= 0.3 is 5.69 Å². The lowest BCUT2D eigenvalue weighted by Gasteiger charge is -2.06. The molecule has 1 saturated carbocycles. The first-order valence-electron chi connectivity index (χ1n) is 9.03. The fourth-order valence-electron chi connectivity index (χ4n) is 2.94. The van der Waals surface area contributed by atoms with Crippen molar-refractivity contribution in [3.63, 3.8) is 0 Å². The second-order valence-corrected chi connectivity index (χ2v) is 7.73. The van der Waals surface area contributed by atoms with Gasteiger partial charge in [-0.05, 0) is 43.2 Å². The molecule has 5 rings (SSSR count). The van der Waals surface area contributed by atoms with Gasteiger partial charge in [0, 0.05) is 21.4 Å². The largest absolute Gasteiger partial charge is 0.493 e. The van der Waals surface area contributed by atoms with Gasteiger partial charge in [0.1, 0.15) is 11.5 Å². The highest BCUT2D eigenvalue weighted by Crippen LogP contribution is 2.23. The van der Waals surface area contributed by atoms with E-state index in [9.17, 15) is 9.90 Å². The van der Waals surface area contributed by atoms with E-state index in [-0.39, 0.29) is 11.6 Å². The van der Waals surface area contributed by atoms with E-state index in [0.717, 1.165) is 23.0 Å². The SMILES string of the molecule is O=c1[nH]c(O)c(/C=c2/cnn3c(=NC4CC4)cc(Nc4ccc(Br)cc4)nc23)[nH]1. The monoisotopic (exact) mass is 453 g/mol. The lowest BCUT2D eigenvalue weighted by Crippen LogP contribution is -2.19. The van der Waals surface area contributed by atoms with Crippen LogP contribution >= 0.6 is 15.9 Å². The number of halogens is 1. The standard InChI is InChI=1S/C19H16BrN7O2/c20-11-1-3-12(4-2-11)22-15-8-16(23-13-5-6-13)27-17(25-15)10(9-21-27)7-14-18(28)26-19(29)24-14/h1-4,7-9,13,22,28H,5-6H2,(H2,24,26,29)/b10-7-,23-16?. The molecule has 1 aliphatic rings. The number of aromatic hydroxyl groups is 1. The zero-order chi connectivity index (χ0) is 20.0. The number of aromatic nitrogens is 5. The molecule has 0 atom stereocenters. The second kappa shape index (κ2) is 6.89. The first-order chi connectivity index (χ1) is 14.0. The van der Waals surface area contributed by atoms with Gasteiger partial charge in [-0.1, -0.05) is 15.9 Å². The van der Waals surface area contributed by atoms with Gasteiger partial charge in [0.15, 0.2) is 11.1 Å². The van der Waals surface area contributed by atoms with Gasteiger partial charge in [-0.25, -0.2) is 9.78 Å². The molecule has 1 aliphatic carbocycles. The van der Waals surface area contributed by atoms with Crippen molar-refractivity contribution < 1.29 is 5.11 Å². The predicted octanol–water partition coefficient (Wildman–Crippen LogP) is 1.57. The van der Waals surface area contributed by atoms with Crippen LogP contribution in [0.15, 0.2) is 50.8 Å². The van der Waals surface area contributed by atoms with E-state index in [2.05, 4.69) is 41.3 Å². The molecule has 4 N–H and O–H groups in total. The molecule has 0 bridgehead atoms. The molecule has 3 aromatic heterocycles. The molecule has 0 radical (unpaired) electrons. The summed E-state index contributed by atoms with van der Waals surface area (Å²) >= 11 is 3.43. The molecule has 0 spiro atoms. The molecule has 0 unspecified atom stereocenters. The molecule has 0 aliphatic heterocycles. The number of aromatic amines is 2. The molecule has 10 heteroatoms. The minimum atomic E-state index is -0.486. The Morgan fingerprint density at radius 2 is 2.07 bits per heavy atom. The Morgan fingerprint density at radius 1 is 1.28 bits per heavy atom. The Balaban J connectivity index is 1.67. The summed E-state index contributed by atoms with van der Waals surface area (Å²) in [5.41, 5.74) is 1.93. The van der Waals surface area contributed by atoms with Crippen LogP contribution in [0.3, 0.4) is 0 Å². The molecular formula is C19H16BrN7O2. The van der Waals surface area contributed by atoms with Crippen LogP contribution < -0.4 is 21.7 Å². The third-order valence-electron chi connectivity index (χ3n) is 4.49. The van der Waals surface area contributed by atoms with Gasteiger partial charge in [0.25, 0.3) is 0 Å². The summed E-state index contributed by atoms with van der Waals surface area (Å²) in [6.45, 7) is 0. The molecule has 1 fully saturated rings. The third kappa shape index (κ3) is 3.66. The highest BCUT2D eigenvalue weighted by Gasteiger charge is 2.20. The summed E-state index contributed by atoms with van der Waals surface area (Å²) in [5, 5.41) is 18.2. The summed E-state index contributed by atoms with van der Waals surface area (Å²) < 4.78 is 2.66. The van der Waals surface area contributed by atoms with Crippen LogP contribution in [0.5, 0.6) is 5.88 Å². The zero-order valence-corrected chi connectivity index (χ0v) is 16.6. The number of fused-ring (bicyclic) bond motifs is 1. The van der Waals surface area contributed by atoms with E-state index in [1.165, 1.54) is 0 Å². The van der Waals surface area contributed by atoms with E-state index in [1.54, 1.807) is 16.8 Å². The van der Waals surface area contributed by atoms with Crippen LogP contribution in [0.2, 0.25) is 0 Å². The second-order valence-electron chi connectivity index (χ2n) is 6.81. The van der Waals surface area contributed by atoms with E-state index in [4.69, 9.17) is 4.99 Å². The van der Waals surface area contributed by atoms with Gasteiger partial charge < -0.3 is 15.4 Å². The van der Waals surface area contributed by atoms with Crippen LogP contribution in [0.4, 0.5) is 11.5 Å². The maximum Gasteiger partial charge on any atom is 0.326 e. The Hall–Kier alpha value is -3.40. The number of anilines is 2. The molecule has 146 valence electrons. The average Bonchev–Trinajstić information content (AvgIpc) is 3.33. The molecule has 3 heterocycles. The molecule has 4 aromatic rings. The van der Waals surface area contributed by atoms with Crippen molar-refractivity contribution in [2.24, 2.45) is 4.99 Å². The summed E-state index contributed by atoms with van der Waals surface area (Å²) in [4.78, 5) is 25.7. The summed E-state index contributed by atoms with van der Waals surface area (Å²) in [5.74, 6) is 0.391. The summed E-state index contributed by atoms with van der Waals surface area (Å²) in [6, 6.07) is 9.95. The van der Waals surface area contributed by atoms with Crippen molar-refractivity contribution in [1.82, 2.24) is 24.6 Å². The number of hydrogen-bond acceptors (Lipinski definition) is 6. The molecule has 1 aromatic carbocycles. The molecule has 9 nitrogen and oxygen atoms in total. The van der Waals surface area contributed by atoms with E-state index in [0.29, 0.717) is 28.2 Å². The number of benzene rings is 1. The fraction of sp³-hybridized carbons (Fsp3) is 0.158. The Labute approximate surface area is 172 Å². The predicted molar refractivity (Wildman–Crippen MR) is 111 cm³/mol. The van der Waals surface area contributed by atoms with Crippen LogP contribution in [-0.2, 0) is 0 Å². The Kier molecular flexibility index (Phi) is 4.20. The number of imidazole rings is 1. The van der Waals surface area contributed by atoms with E-state index < -0.39 is 5.69 Å². The zero-order valence-electron chi connectivity index (χ0n) is 15.1. The minimum absolute atomic E-state index is 0.235. The van der Waals surface area contributed by atoms with Crippen LogP contribution in [0.1, 0.15) is 18.5 Å². The van der Waals surface area contributed by atoms with Crippen LogP contribution in [0, 0.1) is 0 Å². The van der Waals surface area contributed by atoms with Crippen LogP contribution in [-0.4, -0.2) is 35.7 Å². The number of rotatable bonds is 4. The van der Waals surface area contributed by atoms with Crippen molar-refractivity contribution in [2.75, 3.05) is 5.32 Å². The normalized spacial score (nSPS) is 15.3. The Morgan fingerprint density at radius 3 is 2.76 bits per heavy atom. The molecule has 0 amide bonds. The topological polar surface area (TPSA) is 123 Å². The van der Waals surface area contributed by atoms with Crippen molar-refractivity contribution in [1.29, 1.82) is 0 Å². The quantitative estimate of drug-likeness (QED) is 0.373. The summed E-state index contributed by atoms with van der Waals surface area (Å²) in [6.07, 6.45) is 5.38. The smallest absolute Gasteiger partial charge is 0.326 e. The van der Waals surface area contributed by atoms with Gasteiger partial charge in [-0.3, -0.25) is 9.98 Å². The molecule has 0 saturated heterocycles. The number of H-pyrrole nitrogens is 2. The van der Waals surface area contributed by atoms with Gasteiger partial charge in [0.05, 0.1) is 12.2 Å². The maximum atomic E-state index is 11.4. The number of nitrogens with zero attached hydrogens (tertiary/aromatic N) is 4. The highest BCUT2D eigenvalue weighted by molar-refractivity contribution is 9.10. The van der Waals surface area contributed by atoms with Crippen molar-refractivity contribution >= 4 is 39.2 Å². The van der Waals surface area contributed by atoms with Crippen LogP contribution in [0.25, 0.3) is 11.7 Å². The van der Waals surface area contributed by atoms with Gasteiger partial charge in [-0.2, -0.15) is 9.61 Å². The highest BCUT2D eigenvalue weighted by atomic mass is 79.9. The Bertz CT molecular complexity index is 1380. The van der Waals surface area contributed by atoms with Gasteiger partial charge in [-0.15, -0.1) is 0 Å². The van der Waals surface area contributed by atoms with Gasteiger partial charge in [0.2, 0.25) is 5.88 Å². The van der Waals surface area contributed by atoms with Crippen molar-refractivity contribution in [3.8, 4) is 5.88 Å². The van der Waals surface area contributed by atoms with E-state index in [1.807, 2.05) is 30.3 Å². The third-order valence-corrected chi connectivity index (χ3v) is 5.02. The molecular weight excluding hydrogens is 438 g/mol. The lowest BCUT2D eigenvalue weighted by molar-refractivity contribution is 0.454. The number of hydrogen-bond donors (Lipinski definition) is 4. The van der Waals surface area contributed by atoms with E-state index >= 15 is 0 Å². The minimum Gasteiger partial charge on any atom is -0.493 e. The lowest BCUT2D eigenvalue weighted by atomic mass is 10.3. The van der Waals surface area contributed by atoms with Crippen molar-refractivity contribution in [2.45, 2.75) is 18.9 Å². The first-order valence-corrected chi connectivity index (χ1v) is 9.83. The fourth-order valence-corrected chi connectivity index (χ4v) is 3.21. The first kappa shape index (κ1) is 17.7. The van der Waals surface area contributed by atoms with Crippen molar-refractivity contribution in [3.05, 3.63) is 67.9 Å². The molecule has 29 heavy (non-hydrogen) atoms. The average molecular weight is 454 g/mol.